The highest BCUT2D eigenvalue weighted by Gasteiger charge is 2.24. The molecule has 8 heteroatoms. The molecule has 0 bridgehead atoms. The molecule has 4 rings (SSSR count). The highest BCUT2D eigenvalue weighted by atomic mass is 16.5. The molecule has 2 fully saturated rings. The fourth-order valence-electron chi connectivity index (χ4n) is 4.73. The molecule has 192 valence electrons. The van der Waals surface area contributed by atoms with Gasteiger partial charge in [0.1, 0.15) is 0 Å². The second-order valence-corrected chi connectivity index (χ2v) is 9.55. The lowest BCUT2D eigenvalue weighted by molar-refractivity contribution is -0.116. The third-order valence-electron chi connectivity index (χ3n) is 6.79. The number of carbonyl (C=O) groups is 1. The van der Waals surface area contributed by atoms with Crippen LogP contribution in [-0.4, -0.2) is 68.5 Å². The van der Waals surface area contributed by atoms with Gasteiger partial charge in [0, 0.05) is 38.3 Å². The van der Waals surface area contributed by atoms with E-state index >= 15 is 0 Å². The maximum absolute atomic E-state index is 12.5. The number of unbranched alkanes of at least 4 members (excludes halogenated alkanes) is 7. The Morgan fingerprint density at radius 3 is 1.94 bits per heavy atom. The SMILES string of the molecule is CCCCCCCCCCC(=O)Nc1ccc2nc(N3CCOCC3)c(N3CCOCC3)nc2c1. The number of anilines is 3. The Labute approximate surface area is 209 Å². The number of carbonyl (C=O) groups excluding carboxylic acids is 1. The number of ether oxygens (including phenoxy) is 2. The van der Waals surface area contributed by atoms with Crippen molar-refractivity contribution in [2.45, 2.75) is 64.7 Å². The fraction of sp³-hybridized carbons (Fsp3) is 0.667. The molecule has 35 heavy (non-hydrogen) atoms. The molecule has 1 amide bonds. The van der Waals surface area contributed by atoms with Gasteiger partial charge in [0.2, 0.25) is 5.91 Å². The number of amides is 1. The predicted octanol–water partition coefficient (Wildman–Crippen LogP) is 4.77. The Bertz CT molecular complexity index is 942. The predicted molar refractivity (Wildman–Crippen MR) is 141 cm³/mol. The van der Waals surface area contributed by atoms with Gasteiger partial charge in [0.25, 0.3) is 0 Å². The van der Waals surface area contributed by atoms with Gasteiger partial charge in [-0.3, -0.25) is 4.79 Å². The number of morpholine rings is 2. The molecule has 0 saturated carbocycles. The van der Waals surface area contributed by atoms with Crippen LogP contribution >= 0.6 is 0 Å². The molecular formula is C27H41N5O3. The Kier molecular flexibility index (Phi) is 9.95. The summed E-state index contributed by atoms with van der Waals surface area (Å²) >= 11 is 0. The van der Waals surface area contributed by atoms with E-state index in [1.165, 1.54) is 38.5 Å². The first kappa shape index (κ1) is 25.6. The highest BCUT2D eigenvalue weighted by molar-refractivity contribution is 5.93. The third-order valence-corrected chi connectivity index (χ3v) is 6.79. The second-order valence-electron chi connectivity index (χ2n) is 9.55. The van der Waals surface area contributed by atoms with E-state index < -0.39 is 0 Å². The summed E-state index contributed by atoms with van der Waals surface area (Å²) in [5.41, 5.74) is 2.42. The molecule has 1 N–H and O–H groups in total. The average Bonchev–Trinajstić information content (AvgIpc) is 2.90. The van der Waals surface area contributed by atoms with Crippen molar-refractivity contribution in [3.63, 3.8) is 0 Å². The molecule has 3 heterocycles. The van der Waals surface area contributed by atoms with Crippen LogP contribution in [0.15, 0.2) is 18.2 Å². The minimum atomic E-state index is 0.0710. The van der Waals surface area contributed by atoms with E-state index in [1.54, 1.807) is 0 Å². The van der Waals surface area contributed by atoms with E-state index in [0.717, 1.165) is 67.4 Å². The molecular weight excluding hydrogens is 442 g/mol. The summed E-state index contributed by atoms with van der Waals surface area (Å²) in [6.45, 7) is 8.24. The molecule has 2 saturated heterocycles. The van der Waals surface area contributed by atoms with E-state index in [-0.39, 0.29) is 5.91 Å². The van der Waals surface area contributed by atoms with E-state index in [9.17, 15) is 4.79 Å². The lowest BCUT2D eigenvalue weighted by Gasteiger charge is -2.34. The van der Waals surface area contributed by atoms with Crippen LogP contribution in [0.5, 0.6) is 0 Å². The third kappa shape index (κ3) is 7.51. The molecule has 0 atom stereocenters. The monoisotopic (exact) mass is 483 g/mol. The van der Waals surface area contributed by atoms with E-state index in [0.29, 0.717) is 32.8 Å². The summed E-state index contributed by atoms with van der Waals surface area (Å²) in [6.07, 6.45) is 10.4. The number of benzene rings is 1. The van der Waals surface area contributed by atoms with Crippen LogP contribution in [0.4, 0.5) is 17.3 Å². The van der Waals surface area contributed by atoms with Crippen molar-refractivity contribution < 1.29 is 14.3 Å². The van der Waals surface area contributed by atoms with Gasteiger partial charge in [0.15, 0.2) is 11.6 Å². The van der Waals surface area contributed by atoms with Crippen molar-refractivity contribution in [3.05, 3.63) is 18.2 Å². The quantitative estimate of drug-likeness (QED) is 0.436. The molecule has 0 radical (unpaired) electrons. The van der Waals surface area contributed by atoms with Crippen LogP contribution < -0.4 is 15.1 Å². The fourth-order valence-corrected chi connectivity index (χ4v) is 4.73. The molecule has 1 aromatic heterocycles. The van der Waals surface area contributed by atoms with Crippen molar-refractivity contribution >= 4 is 34.3 Å². The molecule has 8 nitrogen and oxygen atoms in total. The molecule has 2 aliphatic heterocycles. The number of hydrogen-bond donors (Lipinski definition) is 1. The Balaban J connectivity index is 1.39. The second kappa shape index (κ2) is 13.6. The summed E-state index contributed by atoms with van der Waals surface area (Å²) in [6, 6.07) is 5.84. The zero-order chi connectivity index (χ0) is 24.3. The Hall–Kier alpha value is -2.45. The van der Waals surface area contributed by atoms with Crippen LogP contribution in [0, 0.1) is 0 Å². The molecule has 2 aliphatic rings. The van der Waals surface area contributed by atoms with Gasteiger partial charge >= 0.3 is 0 Å². The smallest absolute Gasteiger partial charge is 0.224 e. The maximum atomic E-state index is 12.5. The van der Waals surface area contributed by atoms with E-state index in [4.69, 9.17) is 19.4 Å². The first-order chi connectivity index (χ1) is 17.2. The zero-order valence-corrected chi connectivity index (χ0v) is 21.3. The molecule has 0 aliphatic carbocycles. The van der Waals surface area contributed by atoms with Gasteiger partial charge in [-0.1, -0.05) is 51.9 Å². The summed E-state index contributed by atoms with van der Waals surface area (Å²) < 4.78 is 11.1. The van der Waals surface area contributed by atoms with Crippen molar-refractivity contribution in [3.8, 4) is 0 Å². The standard InChI is InChI=1S/C27H41N5O3/c1-2-3-4-5-6-7-8-9-10-25(33)28-22-11-12-23-24(21-22)30-27(32-15-19-35-20-16-32)26(29-23)31-13-17-34-18-14-31/h11-12,21H,2-10,13-20H2,1H3,(H,28,33). The van der Waals surface area contributed by atoms with Crippen LogP contribution in [0.3, 0.4) is 0 Å². The Morgan fingerprint density at radius 2 is 1.34 bits per heavy atom. The summed E-state index contributed by atoms with van der Waals surface area (Å²) in [7, 11) is 0. The first-order valence-corrected chi connectivity index (χ1v) is 13.5. The minimum Gasteiger partial charge on any atom is -0.378 e. The molecule has 0 unspecified atom stereocenters. The minimum absolute atomic E-state index is 0.0710. The molecule has 2 aromatic rings. The van der Waals surface area contributed by atoms with Gasteiger partial charge in [-0.2, -0.15) is 0 Å². The number of hydrogen-bond acceptors (Lipinski definition) is 7. The lowest BCUT2D eigenvalue weighted by Crippen LogP contribution is -2.41. The zero-order valence-electron chi connectivity index (χ0n) is 21.3. The molecule has 1 aromatic carbocycles. The number of nitrogens with zero attached hydrogens (tertiary/aromatic N) is 4. The van der Waals surface area contributed by atoms with Crippen molar-refractivity contribution in [2.75, 3.05) is 67.7 Å². The normalized spacial score (nSPS) is 16.6. The van der Waals surface area contributed by atoms with Crippen molar-refractivity contribution in [1.82, 2.24) is 9.97 Å². The number of nitrogens with one attached hydrogen (secondary N) is 1. The van der Waals surface area contributed by atoms with Crippen molar-refractivity contribution in [1.29, 1.82) is 0 Å². The maximum Gasteiger partial charge on any atom is 0.224 e. The topological polar surface area (TPSA) is 79.8 Å². The van der Waals surface area contributed by atoms with Gasteiger partial charge in [-0.05, 0) is 24.6 Å². The number of fused-ring (bicyclic) bond motifs is 1. The lowest BCUT2D eigenvalue weighted by atomic mass is 10.1. The van der Waals surface area contributed by atoms with Gasteiger partial charge in [-0.15, -0.1) is 0 Å². The highest BCUT2D eigenvalue weighted by Crippen LogP contribution is 2.30. The van der Waals surface area contributed by atoms with Crippen LogP contribution in [0.25, 0.3) is 11.0 Å². The van der Waals surface area contributed by atoms with Gasteiger partial charge < -0.3 is 24.6 Å². The summed E-state index contributed by atoms with van der Waals surface area (Å²) in [4.78, 5) is 27.1. The summed E-state index contributed by atoms with van der Waals surface area (Å²) in [5.74, 6) is 1.88. The van der Waals surface area contributed by atoms with Crippen LogP contribution in [0.1, 0.15) is 64.7 Å². The number of aromatic nitrogens is 2. The average molecular weight is 484 g/mol. The number of rotatable bonds is 12. The Morgan fingerprint density at radius 1 is 0.800 bits per heavy atom. The molecule has 0 spiro atoms. The summed E-state index contributed by atoms with van der Waals surface area (Å²) in [5, 5.41) is 3.06. The largest absolute Gasteiger partial charge is 0.378 e. The van der Waals surface area contributed by atoms with E-state index in [1.807, 2.05) is 18.2 Å². The van der Waals surface area contributed by atoms with Crippen LogP contribution in [0.2, 0.25) is 0 Å². The van der Waals surface area contributed by atoms with Gasteiger partial charge in [0.05, 0.1) is 37.5 Å². The van der Waals surface area contributed by atoms with Crippen LogP contribution in [-0.2, 0) is 14.3 Å². The first-order valence-electron chi connectivity index (χ1n) is 13.5. The van der Waals surface area contributed by atoms with E-state index in [2.05, 4.69) is 22.0 Å². The van der Waals surface area contributed by atoms with Crippen molar-refractivity contribution in [2.24, 2.45) is 0 Å². The van der Waals surface area contributed by atoms with Gasteiger partial charge in [-0.25, -0.2) is 9.97 Å².